The van der Waals surface area contributed by atoms with Crippen molar-refractivity contribution in [1.82, 2.24) is 30.0 Å². The Morgan fingerprint density at radius 3 is 2.45 bits per heavy atom. The monoisotopic (exact) mass is 1010 g/mol. The van der Waals surface area contributed by atoms with Gasteiger partial charge in [-0.25, -0.2) is 14.8 Å². The molecule has 74 heavy (non-hydrogen) atoms. The molecule has 4 aliphatic rings. The SMILES string of the molecule is Cc1c(O[C@H]2CC[C@H](CCCCN3CCC(Oc4ccc5c(C6CCC(=O)NC6=O)nn(C)c5c4)CC3)CC2)cccc1-c1ccc(N2CCc3cccc(C(=O)Nc4nc5ccccc5s4)c3C2)nc1C(=O)O. The summed E-state index contributed by atoms with van der Waals surface area (Å²) in [7, 11) is 1.88. The van der Waals surface area contributed by atoms with Gasteiger partial charge in [-0.3, -0.25) is 29.7 Å². The number of hydrogen-bond donors (Lipinski definition) is 3. The molecule has 1 atom stereocenters. The number of rotatable bonds is 15. The molecule has 6 heterocycles. The lowest BCUT2D eigenvalue weighted by atomic mass is 9.84. The highest BCUT2D eigenvalue weighted by atomic mass is 32.1. The Morgan fingerprint density at radius 2 is 1.64 bits per heavy atom. The number of carbonyl (C=O) groups excluding carboxylic acids is 3. The van der Waals surface area contributed by atoms with Gasteiger partial charge in [0.25, 0.3) is 5.91 Å². The highest BCUT2D eigenvalue weighted by Gasteiger charge is 2.33. The summed E-state index contributed by atoms with van der Waals surface area (Å²) in [6, 6.07) is 29.2. The predicted molar refractivity (Wildman–Crippen MR) is 286 cm³/mol. The van der Waals surface area contributed by atoms with Gasteiger partial charge in [0.05, 0.1) is 33.4 Å². The number of pyridine rings is 1. The van der Waals surface area contributed by atoms with Gasteiger partial charge in [-0.05, 0) is 148 Å². The third-order valence-corrected chi connectivity index (χ3v) is 16.6. The van der Waals surface area contributed by atoms with E-state index in [9.17, 15) is 24.3 Å². The largest absolute Gasteiger partial charge is 0.490 e. The molecule has 3 fully saturated rings. The van der Waals surface area contributed by atoms with Crippen molar-refractivity contribution < 1.29 is 33.8 Å². The summed E-state index contributed by atoms with van der Waals surface area (Å²) in [6.45, 7) is 6.19. The number of amides is 3. The van der Waals surface area contributed by atoms with Gasteiger partial charge in [0.15, 0.2) is 10.8 Å². The third-order valence-electron chi connectivity index (χ3n) is 15.7. The van der Waals surface area contributed by atoms with Gasteiger partial charge in [-0.1, -0.05) is 60.6 Å². The Morgan fingerprint density at radius 1 is 0.824 bits per heavy atom. The molecule has 15 nitrogen and oxygen atoms in total. The number of carboxylic acid groups (broad SMARTS) is 1. The first kappa shape index (κ1) is 49.1. The van der Waals surface area contributed by atoms with E-state index in [0.29, 0.717) is 66.0 Å². The molecule has 2 saturated heterocycles. The van der Waals surface area contributed by atoms with Crippen molar-refractivity contribution in [2.45, 2.75) is 109 Å². The minimum absolute atomic E-state index is 0.0183. The van der Waals surface area contributed by atoms with Gasteiger partial charge < -0.3 is 24.4 Å². The summed E-state index contributed by atoms with van der Waals surface area (Å²) in [5.74, 6) is 0.580. The van der Waals surface area contributed by atoms with Crippen LogP contribution in [-0.2, 0) is 29.6 Å². The van der Waals surface area contributed by atoms with E-state index >= 15 is 0 Å². The van der Waals surface area contributed by atoms with Crippen LogP contribution >= 0.6 is 11.3 Å². The Balaban J connectivity index is 0.636. The number of ether oxygens (including phenoxy) is 2. The quantitative estimate of drug-likeness (QED) is 0.0654. The van der Waals surface area contributed by atoms with Crippen molar-refractivity contribution in [2.24, 2.45) is 13.0 Å². The molecule has 11 rings (SSSR count). The zero-order valence-corrected chi connectivity index (χ0v) is 42.8. The summed E-state index contributed by atoms with van der Waals surface area (Å²) < 4.78 is 16.0. The van der Waals surface area contributed by atoms with E-state index in [-0.39, 0.29) is 35.6 Å². The first-order chi connectivity index (χ1) is 36.0. The first-order valence-corrected chi connectivity index (χ1v) is 27.1. The van der Waals surface area contributed by atoms with E-state index in [1.165, 1.54) is 30.6 Å². The number of aromatic nitrogens is 4. The number of hydrogen-bond acceptors (Lipinski definition) is 12. The van der Waals surface area contributed by atoms with Gasteiger partial charge in [0.2, 0.25) is 11.8 Å². The van der Waals surface area contributed by atoms with Gasteiger partial charge >= 0.3 is 5.97 Å². The van der Waals surface area contributed by atoms with E-state index in [0.717, 1.165) is 113 Å². The molecule has 3 aromatic heterocycles. The summed E-state index contributed by atoms with van der Waals surface area (Å²) in [5.41, 5.74) is 7.23. The van der Waals surface area contributed by atoms with Crippen molar-refractivity contribution in [3.8, 4) is 22.6 Å². The van der Waals surface area contributed by atoms with E-state index in [4.69, 9.17) is 14.5 Å². The lowest BCUT2D eigenvalue weighted by molar-refractivity contribution is -0.134. The summed E-state index contributed by atoms with van der Waals surface area (Å²) in [5, 5.41) is 22.1. The summed E-state index contributed by atoms with van der Waals surface area (Å²) in [4.78, 5) is 64.8. The number of likely N-dealkylation sites (tertiary alicyclic amines) is 1. The van der Waals surface area contributed by atoms with Gasteiger partial charge in [0, 0.05) is 62.2 Å². The van der Waals surface area contributed by atoms with Crippen molar-refractivity contribution >= 4 is 67.1 Å². The average Bonchev–Trinajstić information content (AvgIpc) is 3.97. The maximum atomic E-state index is 13.7. The molecule has 7 aromatic rings. The Hall–Kier alpha value is -7.17. The number of para-hydroxylation sites is 1. The number of nitrogens with one attached hydrogen (secondary N) is 2. The normalized spacial score (nSPS) is 19.6. The first-order valence-electron chi connectivity index (χ1n) is 26.2. The number of benzene rings is 4. The number of carbonyl (C=O) groups is 4. The molecule has 3 amide bonds. The van der Waals surface area contributed by atoms with Crippen molar-refractivity contribution in [2.75, 3.05) is 36.4 Å². The maximum Gasteiger partial charge on any atom is 0.355 e. The molecule has 3 N–H and O–H groups in total. The van der Waals surface area contributed by atoms with Crippen LogP contribution in [0.2, 0.25) is 0 Å². The van der Waals surface area contributed by atoms with Crippen LogP contribution in [0.3, 0.4) is 0 Å². The van der Waals surface area contributed by atoms with E-state index < -0.39 is 11.9 Å². The molecule has 1 aliphatic carbocycles. The number of imide groups is 1. The Kier molecular flexibility index (Phi) is 14.2. The molecular weight excluding hydrogens is 953 g/mol. The van der Waals surface area contributed by atoms with Crippen LogP contribution in [0.5, 0.6) is 11.5 Å². The minimum Gasteiger partial charge on any atom is -0.490 e. The zero-order chi connectivity index (χ0) is 50.9. The van der Waals surface area contributed by atoms with Crippen LogP contribution in [0.4, 0.5) is 10.9 Å². The van der Waals surface area contributed by atoms with Crippen LogP contribution in [0.1, 0.15) is 120 Å². The van der Waals surface area contributed by atoms with Crippen molar-refractivity contribution in [3.05, 3.63) is 125 Å². The molecule has 0 spiro atoms. The number of carboxylic acids is 1. The average molecular weight is 1020 g/mol. The molecular formula is C58H62N8O7S. The standard InChI is InChI=1S/C58H62N8O7S/c1-35-41(42-22-24-51(60-54(42)57(70)71)66-32-26-37-10-7-12-43(46(37)34-66)55(68)62-58-59-47-13-3-4-15-50(47)74-58)11-8-14-49(35)73-38-18-16-36(17-19-38)9-5-6-29-65-30-27-39(28-31-65)72-40-20-21-44-48(33-40)64(2)63-53(44)45-23-25-52(67)61-56(45)69/h3-4,7-8,10-15,20-22,24,33,36,38-39,45H,5-6,9,16-19,23,25-32,34H2,1-2H3,(H,70,71)(H,59,62,68)(H,61,67,69)/t36-,38-,45?. The summed E-state index contributed by atoms with van der Waals surface area (Å²) in [6.07, 6.45) is 11.6. The van der Waals surface area contributed by atoms with Crippen molar-refractivity contribution in [1.29, 1.82) is 0 Å². The number of aryl methyl sites for hydroxylation is 1. The smallest absolute Gasteiger partial charge is 0.355 e. The van der Waals surface area contributed by atoms with Crippen LogP contribution in [0.25, 0.3) is 32.2 Å². The van der Waals surface area contributed by atoms with E-state index in [1.54, 1.807) is 4.68 Å². The van der Waals surface area contributed by atoms with Crippen LogP contribution in [-0.4, -0.2) is 91.8 Å². The fourth-order valence-electron chi connectivity index (χ4n) is 11.6. The Bertz CT molecular complexity index is 3230. The molecule has 0 bridgehead atoms. The topological polar surface area (TPSA) is 181 Å². The molecule has 4 aromatic carbocycles. The molecule has 0 radical (unpaired) electrons. The second kappa shape index (κ2) is 21.4. The molecule has 382 valence electrons. The highest BCUT2D eigenvalue weighted by molar-refractivity contribution is 7.22. The van der Waals surface area contributed by atoms with Gasteiger partial charge in [-0.15, -0.1) is 0 Å². The van der Waals surface area contributed by atoms with Crippen LogP contribution in [0, 0.1) is 12.8 Å². The number of nitrogens with zero attached hydrogens (tertiary/aromatic N) is 6. The van der Waals surface area contributed by atoms with Gasteiger partial charge in [0.1, 0.15) is 23.4 Å². The second-order valence-corrected chi connectivity index (χ2v) is 21.5. The Labute approximate surface area is 434 Å². The van der Waals surface area contributed by atoms with Gasteiger partial charge in [-0.2, -0.15) is 5.10 Å². The highest BCUT2D eigenvalue weighted by Crippen LogP contribution is 2.38. The maximum absolute atomic E-state index is 13.7. The molecule has 16 heteroatoms. The molecule has 1 saturated carbocycles. The third kappa shape index (κ3) is 10.5. The van der Waals surface area contributed by atoms with E-state index in [1.807, 2.05) is 110 Å². The van der Waals surface area contributed by atoms with Crippen molar-refractivity contribution in [3.63, 3.8) is 0 Å². The lowest BCUT2D eigenvalue weighted by Gasteiger charge is -2.32. The lowest BCUT2D eigenvalue weighted by Crippen LogP contribution is -2.39. The minimum atomic E-state index is -1.10. The molecule has 1 unspecified atom stereocenters. The number of unbranched alkanes of at least 4 members (excludes halogenated alkanes) is 1. The molecule has 3 aliphatic heterocycles. The number of aromatic carboxylic acids is 1. The van der Waals surface area contributed by atoms with Crippen LogP contribution < -0.4 is 25.0 Å². The fourth-order valence-corrected chi connectivity index (χ4v) is 12.5. The second-order valence-electron chi connectivity index (χ2n) is 20.5. The number of anilines is 2. The predicted octanol–water partition coefficient (Wildman–Crippen LogP) is 10.2. The summed E-state index contributed by atoms with van der Waals surface area (Å²) >= 11 is 1.44. The zero-order valence-electron chi connectivity index (χ0n) is 42.0. The van der Waals surface area contributed by atoms with Crippen LogP contribution in [0.15, 0.2) is 91.0 Å². The fraction of sp³-hybridized carbons (Fsp3) is 0.397. The number of piperidine rings is 2. The number of thiazole rings is 1. The van der Waals surface area contributed by atoms with E-state index in [2.05, 4.69) is 25.6 Å². The number of fused-ring (bicyclic) bond motifs is 3.